The van der Waals surface area contributed by atoms with E-state index in [1.807, 2.05) is 24.3 Å². The van der Waals surface area contributed by atoms with Crippen LogP contribution in [0.3, 0.4) is 0 Å². The lowest BCUT2D eigenvalue weighted by atomic mass is 9.88. The highest BCUT2D eigenvalue weighted by Gasteiger charge is 2.35. The molecule has 0 fully saturated rings. The van der Waals surface area contributed by atoms with Gasteiger partial charge in [-0.1, -0.05) is 55.5 Å². The minimum Gasteiger partial charge on any atom is -0.299 e. The summed E-state index contributed by atoms with van der Waals surface area (Å²) in [6, 6.07) is 17.9. The van der Waals surface area contributed by atoms with Crippen LogP contribution in [0, 0.1) is 0 Å². The smallest absolute Gasteiger partial charge is 0.299 e. The average Bonchev–Trinajstić information content (AvgIpc) is 2.78. The van der Waals surface area contributed by atoms with Crippen molar-refractivity contribution in [1.82, 2.24) is 9.88 Å². The van der Waals surface area contributed by atoms with Gasteiger partial charge in [-0.05, 0) is 53.4 Å². The molecule has 0 saturated heterocycles. The molecule has 0 saturated carbocycles. The van der Waals surface area contributed by atoms with Gasteiger partial charge in [-0.3, -0.25) is 4.90 Å². The predicted molar refractivity (Wildman–Crippen MR) is 119 cm³/mol. The van der Waals surface area contributed by atoms with Crippen LogP contribution in [0.1, 0.15) is 30.0 Å². The summed E-state index contributed by atoms with van der Waals surface area (Å²) in [5, 5.41) is 3.32. The highest BCUT2D eigenvalue weighted by molar-refractivity contribution is 6.09. The molecule has 0 atom stereocenters. The van der Waals surface area contributed by atoms with Crippen LogP contribution in [-0.2, 0) is 19.1 Å². The Balaban J connectivity index is 1.85. The van der Waals surface area contributed by atoms with Crippen molar-refractivity contribution in [2.45, 2.75) is 32.5 Å². The lowest BCUT2D eigenvalue weighted by Crippen LogP contribution is -2.32. The molecule has 2 nitrogen and oxygen atoms in total. The van der Waals surface area contributed by atoms with Gasteiger partial charge >= 0.3 is 6.18 Å². The molecule has 1 aliphatic rings. The second-order valence-electron chi connectivity index (χ2n) is 8.17. The summed E-state index contributed by atoms with van der Waals surface area (Å²) < 4.78 is 41.5. The molecule has 5 heteroatoms. The van der Waals surface area contributed by atoms with Crippen molar-refractivity contribution < 1.29 is 13.2 Å². The van der Waals surface area contributed by atoms with E-state index in [-0.39, 0.29) is 5.56 Å². The first-order valence-electron chi connectivity index (χ1n) is 10.7. The number of pyridine rings is 1. The molecule has 31 heavy (non-hydrogen) atoms. The van der Waals surface area contributed by atoms with Crippen molar-refractivity contribution in [1.29, 1.82) is 0 Å². The number of hydrogen-bond acceptors (Lipinski definition) is 2. The molecular formula is C26H23F3N2. The van der Waals surface area contributed by atoms with Gasteiger partial charge in [0.25, 0.3) is 0 Å². The molecule has 0 amide bonds. The average molecular weight is 420 g/mol. The highest BCUT2D eigenvalue weighted by Crippen LogP contribution is 2.41. The SMILES string of the molecule is CCCN1CCc2c(c(-c3ccccc3C(F)(F)F)nc3ccc4ccccc4c23)C1. The monoisotopic (exact) mass is 420 g/mol. The second-order valence-corrected chi connectivity index (χ2v) is 8.17. The van der Waals surface area contributed by atoms with E-state index in [0.717, 1.165) is 64.8 Å². The first-order valence-corrected chi connectivity index (χ1v) is 10.7. The summed E-state index contributed by atoms with van der Waals surface area (Å²) in [6.45, 7) is 4.58. The van der Waals surface area contributed by atoms with Crippen molar-refractivity contribution >= 4 is 21.7 Å². The van der Waals surface area contributed by atoms with E-state index in [1.54, 1.807) is 12.1 Å². The van der Waals surface area contributed by atoms with E-state index in [2.05, 4.69) is 24.0 Å². The maximum absolute atomic E-state index is 13.8. The van der Waals surface area contributed by atoms with E-state index in [1.165, 1.54) is 6.07 Å². The highest BCUT2D eigenvalue weighted by atomic mass is 19.4. The van der Waals surface area contributed by atoms with Crippen molar-refractivity contribution in [2.75, 3.05) is 13.1 Å². The topological polar surface area (TPSA) is 16.1 Å². The normalized spacial score (nSPS) is 14.8. The van der Waals surface area contributed by atoms with Crippen LogP contribution in [0.4, 0.5) is 13.2 Å². The summed E-state index contributed by atoms with van der Waals surface area (Å²) in [4.78, 5) is 7.17. The van der Waals surface area contributed by atoms with E-state index in [9.17, 15) is 13.2 Å². The Bertz CT molecular complexity index is 1280. The Morgan fingerprint density at radius 2 is 1.71 bits per heavy atom. The Morgan fingerprint density at radius 3 is 2.52 bits per heavy atom. The zero-order valence-corrected chi connectivity index (χ0v) is 17.3. The van der Waals surface area contributed by atoms with Crippen LogP contribution in [0.15, 0.2) is 60.7 Å². The van der Waals surface area contributed by atoms with Crippen LogP contribution in [-0.4, -0.2) is 23.0 Å². The molecule has 0 unspecified atom stereocenters. The number of alkyl halides is 3. The maximum Gasteiger partial charge on any atom is 0.417 e. The molecule has 2 heterocycles. The molecule has 0 spiro atoms. The predicted octanol–water partition coefficient (Wildman–Crippen LogP) is 6.84. The van der Waals surface area contributed by atoms with E-state index < -0.39 is 11.7 Å². The molecule has 1 aromatic heterocycles. The van der Waals surface area contributed by atoms with E-state index >= 15 is 0 Å². The molecule has 3 aromatic carbocycles. The van der Waals surface area contributed by atoms with Gasteiger partial charge in [-0.2, -0.15) is 13.2 Å². The fourth-order valence-corrected chi connectivity index (χ4v) is 4.84. The minimum absolute atomic E-state index is 0.166. The summed E-state index contributed by atoms with van der Waals surface area (Å²) >= 11 is 0. The van der Waals surface area contributed by atoms with E-state index in [4.69, 9.17) is 4.98 Å². The number of hydrogen-bond donors (Lipinski definition) is 0. The number of benzene rings is 3. The summed E-state index contributed by atoms with van der Waals surface area (Å²) in [5.41, 5.74) is 2.83. The molecule has 158 valence electrons. The van der Waals surface area contributed by atoms with Gasteiger partial charge in [0, 0.05) is 24.0 Å². The zero-order chi connectivity index (χ0) is 21.6. The summed E-state index contributed by atoms with van der Waals surface area (Å²) in [5.74, 6) is 0. The molecule has 5 rings (SSSR count). The largest absolute Gasteiger partial charge is 0.417 e. The molecule has 0 aliphatic carbocycles. The number of rotatable bonds is 3. The van der Waals surface area contributed by atoms with Crippen molar-refractivity contribution in [2.24, 2.45) is 0 Å². The van der Waals surface area contributed by atoms with Gasteiger partial charge < -0.3 is 0 Å². The van der Waals surface area contributed by atoms with Crippen molar-refractivity contribution in [3.05, 3.63) is 77.4 Å². The minimum atomic E-state index is -4.43. The zero-order valence-electron chi connectivity index (χ0n) is 17.3. The van der Waals surface area contributed by atoms with Crippen LogP contribution in [0.25, 0.3) is 32.9 Å². The van der Waals surface area contributed by atoms with E-state index in [0.29, 0.717) is 12.2 Å². The van der Waals surface area contributed by atoms with Gasteiger partial charge in [0.2, 0.25) is 0 Å². The molecule has 4 aromatic rings. The first-order chi connectivity index (χ1) is 15.0. The Kier molecular flexibility index (Phi) is 4.94. The van der Waals surface area contributed by atoms with Gasteiger partial charge in [0.1, 0.15) is 0 Å². The molecular weight excluding hydrogens is 397 g/mol. The van der Waals surface area contributed by atoms with Gasteiger partial charge in [0.15, 0.2) is 0 Å². The maximum atomic E-state index is 13.8. The molecule has 0 bridgehead atoms. The molecule has 1 aliphatic heterocycles. The summed E-state index contributed by atoms with van der Waals surface area (Å²) in [6.07, 6.45) is -2.61. The third kappa shape index (κ3) is 3.47. The third-order valence-corrected chi connectivity index (χ3v) is 6.18. The third-order valence-electron chi connectivity index (χ3n) is 6.18. The lowest BCUT2D eigenvalue weighted by molar-refractivity contribution is -0.137. The van der Waals surface area contributed by atoms with Crippen molar-refractivity contribution in [3.63, 3.8) is 0 Å². The van der Waals surface area contributed by atoms with Crippen LogP contribution in [0.5, 0.6) is 0 Å². The fraction of sp³-hybridized carbons (Fsp3) is 0.269. The molecule has 0 radical (unpaired) electrons. The van der Waals surface area contributed by atoms with Crippen LogP contribution >= 0.6 is 0 Å². The second kappa shape index (κ2) is 7.65. The number of fused-ring (bicyclic) bond motifs is 5. The molecule has 0 N–H and O–H groups in total. The van der Waals surface area contributed by atoms with Gasteiger partial charge in [0.05, 0.1) is 16.8 Å². The van der Waals surface area contributed by atoms with Gasteiger partial charge in [-0.25, -0.2) is 4.98 Å². The standard InChI is InChI=1S/C26H23F3N2/c1-2-14-31-15-13-19-21(16-31)25(20-9-5-6-10-22(20)26(27,28)29)30-23-12-11-17-7-3-4-8-18(17)24(19)23/h3-12H,2,13-16H2,1H3. The summed E-state index contributed by atoms with van der Waals surface area (Å²) in [7, 11) is 0. The first kappa shape index (κ1) is 20.0. The Labute approximate surface area is 179 Å². The van der Waals surface area contributed by atoms with Crippen molar-refractivity contribution in [3.8, 4) is 11.3 Å². The number of halogens is 3. The van der Waals surface area contributed by atoms with Crippen LogP contribution < -0.4 is 0 Å². The van der Waals surface area contributed by atoms with Gasteiger partial charge in [-0.15, -0.1) is 0 Å². The number of nitrogens with zero attached hydrogens (tertiary/aromatic N) is 2. The fourth-order valence-electron chi connectivity index (χ4n) is 4.84. The number of aromatic nitrogens is 1. The quantitative estimate of drug-likeness (QED) is 0.337. The van der Waals surface area contributed by atoms with Crippen LogP contribution in [0.2, 0.25) is 0 Å². The Hall–Kier alpha value is -2.92. The lowest BCUT2D eigenvalue weighted by Gasteiger charge is -2.31. The Morgan fingerprint density at radius 1 is 0.935 bits per heavy atom.